The molecule has 3 aromatic carbocycles. The number of nitrogens with two attached hydrogens (primary N) is 1. The van der Waals surface area contributed by atoms with Gasteiger partial charge in [-0.05, 0) is 84.7 Å². The number of aliphatic hydroxyl groups excluding tert-OH is 1. The average Bonchev–Trinajstić information content (AvgIpc) is 4.12. The van der Waals surface area contributed by atoms with Gasteiger partial charge in [-0.2, -0.15) is 0 Å². The number of benzene rings is 3. The molecular formula is C57H75N7O11S. The molecule has 19 heteroatoms. The molecule has 1 fully saturated rings. The SMILES string of the molecule is Cc1ncsc1-c1ccc(CNC(=O)[C@@H]2C[C@@H](O)CN2C(=O)[C@@H](NC(=O)COCCOCCOCCCc2ccc(CO[C@H](C)[C@H](CCC(N)=O)NC(=O)[C@@H]3Cc4cccc5c4N3C(=O)CCC5)cc2)C(C)(C)C)cc1. The van der Waals surface area contributed by atoms with E-state index in [0.717, 1.165) is 75.3 Å². The van der Waals surface area contributed by atoms with Gasteiger partial charge in [0.15, 0.2) is 0 Å². The van der Waals surface area contributed by atoms with Crippen molar-refractivity contribution >= 4 is 52.5 Å². The topological polar surface area (TPSA) is 241 Å². The maximum absolute atomic E-state index is 14.0. The minimum absolute atomic E-state index is 0.0233. The number of carbonyl (C=O) groups excluding carboxylic acids is 6. The van der Waals surface area contributed by atoms with Crippen molar-refractivity contribution in [1.29, 1.82) is 0 Å². The number of hydrogen-bond donors (Lipinski definition) is 5. The maximum atomic E-state index is 14.0. The molecule has 0 spiro atoms. The number of aromatic nitrogens is 1. The summed E-state index contributed by atoms with van der Waals surface area (Å²) in [6.45, 7) is 11.2. The number of thiazole rings is 1. The Balaban J connectivity index is 0.747. The molecule has 3 aliphatic heterocycles. The van der Waals surface area contributed by atoms with Gasteiger partial charge in [-0.1, -0.05) is 87.5 Å². The fourth-order valence-corrected chi connectivity index (χ4v) is 10.8. The number of nitrogens with zero attached hydrogens (tertiary/aromatic N) is 3. The molecule has 7 rings (SSSR count). The van der Waals surface area contributed by atoms with Crippen LogP contribution in [-0.4, -0.2) is 133 Å². The zero-order valence-corrected chi connectivity index (χ0v) is 45.3. The summed E-state index contributed by atoms with van der Waals surface area (Å²) in [6, 6.07) is 18.9. The maximum Gasteiger partial charge on any atom is 0.246 e. The van der Waals surface area contributed by atoms with Crippen molar-refractivity contribution in [3.8, 4) is 10.4 Å². The predicted molar refractivity (Wildman–Crippen MR) is 288 cm³/mol. The molecule has 76 heavy (non-hydrogen) atoms. The van der Waals surface area contributed by atoms with E-state index in [1.54, 1.807) is 16.2 Å². The van der Waals surface area contributed by atoms with E-state index >= 15 is 0 Å². The molecule has 0 aliphatic carbocycles. The molecular weight excluding hydrogens is 991 g/mol. The van der Waals surface area contributed by atoms with E-state index in [0.29, 0.717) is 45.7 Å². The Labute approximate surface area is 449 Å². The van der Waals surface area contributed by atoms with E-state index in [9.17, 15) is 33.9 Å². The van der Waals surface area contributed by atoms with Gasteiger partial charge in [-0.15, -0.1) is 11.3 Å². The van der Waals surface area contributed by atoms with Gasteiger partial charge >= 0.3 is 0 Å². The Morgan fingerprint density at radius 3 is 2.24 bits per heavy atom. The van der Waals surface area contributed by atoms with Crippen LogP contribution in [0.1, 0.15) is 99.7 Å². The molecule has 4 aromatic rings. The zero-order valence-electron chi connectivity index (χ0n) is 44.5. The highest BCUT2D eigenvalue weighted by Crippen LogP contribution is 2.39. The predicted octanol–water partition coefficient (Wildman–Crippen LogP) is 4.86. The highest BCUT2D eigenvalue weighted by molar-refractivity contribution is 7.13. The van der Waals surface area contributed by atoms with Gasteiger partial charge in [0.1, 0.15) is 24.7 Å². The molecule has 18 nitrogen and oxygen atoms in total. The molecule has 3 aliphatic rings. The molecule has 1 saturated heterocycles. The highest BCUT2D eigenvalue weighted by atomic mass is 32.1. The molecule has 1 aromatic heterocycles. The van der Waals surface area contributed by atoms with E-state index in [2.05, 4.69) is 20.9 Å². The van der Waals surface area contributed by atoms with E-state index < -0.39 is 59.5 Å². The van der Waals surface area contributed by atoms with E-state index in [-0.39, 0.29) is 63.5 Å². The van der Waals surface area contributed by atoms with Crippen molar-refractivity contribution in [3.05, 3.63) is 106 Å². The summed E-state index contributed by atoms with van der Waals surface area (Å²) in [7, 11) is 0. The Bertz CT molecular complexity index is 2620. The number of primary amides is 1. The first-order chi connectivity index (χ1) is 36.5. The number of aliphatic hydroxyl groups is 1. The van der Waals surface area contributed by atoms with Gasteiger partial charge in [-0.3, -0.25) is 33.7 Å². The van der Waals surface area contributed by atoms with Gasteiger partial charge in [0.2, 0.25) is 35.4 Å². The van der Waals surface area contributed by atoms with Crippen molar-refractivity contribution < 1.29 is 52.8 Å². The van der Waals surface area contributed by atoms with Gasteiger partial charge in [0.05, 0.1) is 73.1 Å². The van der Waals surface area contributed by atoms with E-state index in [1.165, 1.54) is 4.90 Å². The van der Waals surface area contributed by atoms with Crippen LogP contribution in [0.2, 0.25) is 0 Å². The summed E-state index contributed by atoms with van der Waals surface area (Å²) in [5, 5.41) is 19.4. The second kappa shape index (κ2) is 27.3. The number of likely N-dealkylation sites (tertiary alicyclic amines) is 1. The number of nitrogens with one attached hydrogen (secondary N) is 3. The fraction of sp³-hybridized carbons (Fsp3) is 0.526. The highest BCUT2D eigenvalue weighted by Gasteiger charge is 2.45. The summed E-state index contributed by atoms with van der Waals surface area (Å²) >= 11 is 1.57. The first-order valence-electron chi connectivity index (χ1n) is 26.5. The first kappa shape index (κ1) is 57.6. The lowest BCUT2D eigenvalue weighted by Crippen LogP contribution is -2.58. The van der Waals surface area contributed by atoms with Gasteiger partial charge < -0.3 is 50.6 Å². The van der Waals surface area contributed by atoms with Crippen molar-refractivity contribution in [3.63, 3.8) is 0 Å². The van der Waals surface area contributed by atoms with Crippen LogP contribution in [0.15, 0.2) is 72.2 Å². The number of amides is 6. The van der Waals surface area contributed by atoms with E-state index in [1.807, 2.05) is 107 Å². The molecule has 0 saturated carbocycles. The minimum atomic E-state index is -0.973. The third kappa shape index (κ3) is 15.8. The quantitative estimate of drug-likeness (QED) is 0.0504. The van der Waals surface area contributed by atoms with Crippen molar-refractivity contribution in [2.45, 2.75) is 142 Å². The lowest BCUT2D eigenvalue weighted by Gasteiger charge is -2.35. The van der Waals surface area contributed by atoms with Crippen LogP contribution < -0.4 is 26.6 Å². The molecule has 410 valence electrons. The molecule has 6 N–H and O–H groups in total. The van der Waals surface area contributed by atoms with Crippen molar-refractivity contribution in [2.24, 2.45) is 11.1 Å². The van der Waals surface area contributed by atoms with Crippen LogP contribution in [0.25, 0.3) is 10.4 Å². The van der Waals surface area contributed by atoms with E-state index in [4.69, 9.17) is 24.7 Å². The molecule has 4 heterocycles. The van der Waals surface area contributed by atoms with Crippen LogP contribution in [0, 0.1) is 12.3 Å². The second-order valence-electron chi connectivity index (χ2n) is 21.0. The molecule has 0 bridgehead atoms. The molecule has 6 amide bonds. The van der Waals surface area contributed by atoms with Crippen LogP contribution in [-0.2, 0) is 80.1 Å². The lowest BCUT2D eigenvalue weighted by atomic mass is 9.85. The summed E-state index contributed by atoms with van der Waals surface area (Å²) in [5.41, 5.74) is 14.6. The number of anilines is 1. The first-order valence-corrected chi connectivity index (χ1v) is 27.3. The Hall–Kier alpha value is -6.09. The third-order valence-electron chi connectivity index (χ3n) is 14.2. The number of para-hydroxylation sites is 1. The second-order valence-corrected chi connectivity index (χ2v) is 21.9. The molecule has 0 unspecified atom stereocenters. The lowest BCUT2D eigenvalue weighted by molar-refractivity contribution is -0.144. The summed E-state index contributed by atoms with van der Waals surface area (Å²) in [5.74, 6) is -2.10. The third-order valence-corrected chi connectivity index (χ3v) is 15.1. The zero-order chi connectivity index (χ0) is 54.4. The van der Waals surface area contributed by atoms with Gasteiger partial charge in [0, 0.05) is 45.4 Å². The Morgan fingerprint density at radius 1 is 0.855 bits per heavy atom. The Kier molecular flexibility index (Phi) is 20.7. The monoisotopic (exact) mass is 1070 g/mol. The standard InChI is InChI=1S/C57H75N7O11S/c1-36-52(76-35-60-36)42-20-18-39(19-21-42)31-59-54(69)46-30-44(65)32-63(46)56(71)53(57(3,4)5)62-49(67)34-74-28-27-73-26-25-72-24-8-9-38-14-16-40(17-15-38)33-75-37(2)45(22-23-48(58)66)61-55(70)47-29-43-12-6-10-41-11-7-13-50(68)64(47)51(41)43/h6,10,12,14-21,35,37,44-47,53,65H,7-9,11,13,22-34H2,1-5H3,(H2,58,66)(H,59,69)(H,61,70)(H,62,67)/t37-,44-,45+,46+,47+,53-/m1/s1. The largest absolute Gasteiger partial charge is 0.391 e. The number of ether oxygens (including phenoxy) is 4. The van der Waals surface area contributed by atoms with Crippen molar-refractivity contribution in [2.75, 3.05) is 51.1 Å². The smallest absolute Gasteiger partial charge is 0.246 e. The van der Waals surface area contributed by atoms with Crippen LogP contribution in [0.3, 0.4) is 0 Å². The fourth-order valence-electron chi connectivity index (χ4n) is 9.95. The number of aryl methyl sites for hydroxylation is 3. The number of carbonyl (C=O) groups is 6. The number of β-amino-alcohol motifs (C(OH)–C–C–N with tert-alkyl or cyclic N) is 1. The van der Waals surface area contributed by atoms with Crippen LogP contribution in [0.4, 0.5) is 5.69 Å². The van der Waals surface area contributed by atoms with Crippen LogP contribution in [0.5, 0.6) is 0 Å². The molecule has 6 atom stereocenters. The van der Waals surface area contributed by atoms with Crippen molar-refractivity contribution in [1.82, 2.24) is 25.8 Å². The molecule has 0 radical (unpaired) electrons. The summed E-state index contributed by atoms with van der Waals surface area (Å²) in [4.78, 5) is 87.7. The van der Waals surface area contributed by atoms with Gasteiger partial charge in [0.25, 0.3) is 0 Å². The average molecular weight is 1070 g/mol. The van der Waals surface area contributed by atoms with Gasteiger partial charge in [-0.25, -0.2) is 4.98 Å². The summed E-state index contributed by atoms with van der Waals surface area (Å²) in [6.07, 6.45) is 3.14. The minimum Gasteiger partial charge on any atom is -0.391 e. The van der Waals surface area contributed by atoms with Crippen LogP contribution >= 0.6 is 11.3 Å². The Morgan fingerprint density at radius 2 is 1.54 bits per heavy atom. The summed E-state index contributed by atoms with van der Waals surface area (Å²) < 4.78 is 23.2. The normalized spacial score (nSPS) is 18.4. The number of hydrogen-bond acceptors (Lipinski definition) is 13. The number of rotatable bonds is 27.